The number of likely N-dealkylation sites (N-methyl/N-ethyl adjacent to an activating group) is 2. The molecule has 3 fully saturated rings. The van der Waals surface area contributed by atoms with Crippen molar-refractivity contribution in [2.45, 2.75) is 217 Å². The Hall–Kier alpha value is -3.62. The number of aromatic nitrogens is 6. The highest BCUT2D eigenvalue weighted by Gasteiger charge is 2.55. The number of rotatable bonds is 16. The number of carbonyl (C=O) groups is 1. The molecule has 0 saturated carbocycles. The normalized spacial score (nSPS) is 38.1. The lowest BCUT2D eigenvalue weighted by atomic mass is 9.68. The highest BCUT2D eigenvalue weighted by molar-refractivity contribution is 5.73. The Kier molecular flexibility index (Phi) is 20.9. The number of aliphatic hydroxyl groups excluding tert-OH is 3. The molecule has 1 aromatic carbocycles. The molecule has 20 atom stereocenters. The monoisotopic (exact) mass is 1100 g/mol. The summed E-state index contributed by atoms with van der Waals surface area (Å²) in [5, 5.41) is 77.5. The maximum Gasteiger partial charge on any atom is 0.309 e. The Morgan fingerprint density at radius 1 is 0.962 bits per heavy atom. The second-order valence-electron chi connectivity index (χ2n) is 24.4. The van der Waals surface area contributed by atoms with Gasteiger partial charge in [0.2, 0.25) is 0 Å². The molecule has 5 heterocycles. The molecule has 2 aromatic heterocycles. The number of nitrogens with zero attached hydrogens (tertiary/aromatic N) is 8. The quantitative estimate of drug-likeness (QED) is 0.111. The number of cyclic esters (lactones) is 1. The van der Waals surface area contributed by atoms with Gasteiger partial charge in [-0.3, -0.25) is 4.79 Å². The molecular weight excluding hydrogens is 1010 g/mol. The Morgan fingerprint density at radius 3 is 2.22 bits per heavy atom. The van der Waals surface area contributed by atoms with E-state index in [2.05, 4.69) is 20.6 Å². The lowest BCUT2D eigenvalue weighted by Gasteiger charge is -2.51. The minimum atomic E-state index is -1.84. The number of benzene rings is 1. The zero-order valence-corrected chi connectivity index (χ0v) is 49.1. The molecule has 6 rings (SSSR count). The number of carbonyl (C=O) groups excluding carboxylic acids is 1. The van der Waals surface area contributed by atoms with Crippen LogP contribution in [0, 0.1) is 23.7 Å². The van der Waals surface area contributed by atoms with Crippen LogP contribution in [0.15, 0.2) is 36.7 Å². The van der Waals surface area contributed by atoms with Crippen LogP contribution in [0.5, 0.6) is 0 Å². The molecule has 0 aliphatic carbocycles. The number of methoxy groups -OCH3 is 2. The molecule has 442 valence electrons. The lowest BCUT2D eigenvalue weighted by Crippen LogP contribution is -2.62. The summed E-state index contributed by atoms with van der Waals surface area (Å²) in [5.74, 6) is -3.29. The number of aliphatic hydroxyl groups is 5. The summed E-state index contributed by atoms with van der Waals surface area (Å²) in [5.41, 5.74) is 3.72. The lowest BCUT2D eigenvalue weighted by molar-refractivity contribution is -0.302. The minimum Gasteiger partial charge on any atom is -0.459 e. The van der Waals surface area contributed by atoms with E-state index < -0.39 is 132 Å². The molecule has 3 aromatic rings. The molecule has 0 radical (unpaired) electrons. The van der Waals surface area contributed by atoms with Crippen molar-refractivity contribution in [2.75, 3.05) is 48.1 Å². The van der Waals surface area contributed by atoms with Gasteiger partial charge in [0, 0.05) is 64.3 Å². The highest BCUT2D eigenvalue weighted by Crippen LogP contribution is 2.45. The molecule has 3 aliphatic heterocycles. The first-order chi connectivity index (χ1) is 36.4. The summed E-state index contributed by atoms with van der Waals surface area (Å²) in [4.78, 5) is 18.6. The van der Waals surface area contributed by atoms with Crippen LogP contribution in [0.1, 0.15) is 138 Å². The van der Waals surface area contributed by atoms with E-state index >= 15 is 4.39 Å². The molecule has 0 bridgehead atoms. The fraction of sp³-hybridized carbons (Fsp3) is 0.804. The third kappa shape index (κ3) is 14.0. The second-order valence-corrected chi connectivity index (χ2v) is 24.4. The van der Waals surface area contributed by atoms with Crippen molar-refractivity contribution in [2.24, 2.45) is 29.4 Å². The molecule has 22 heteroatoms. The van der Waals surface area contributed by atoms with Gasteiger partial charge in [0.05, 0.1) is 64.7 Å². The summed E-state index contributed by atoms with van der Waals surface area (Å²) in [7, 11) is 6.78. The third-order valence-corrected chi connectivity index (χ3v) is 17.5. The van der Waals surface area contributed by atoms with E-state index in [0.717, 1.165) is 11.3 Å². The van der Waals surface area contributed by atoms with Gasteiger partial charge in [0.1, 0.15) is 54.5 Å². The maximum absolute atomic E-state index is 15.0. The van der Waals surface area contributed by atoms with E-state index in [1.807, 2.05) is 82.8 Å². The van der Waals surface area contributed by atoms with E-state index in [1.54, 1.807) is 58.6 Å². The zero-order chi connectivity index (χ0) is 58.0. The van der Waals surface area contributed by atoms with Crippen molar-refractivity contribution in [1.82, 2.24) is 39.8 Å². The Labute approximate surface area is 461 Å². The average Bonchev–Trinajstić information content (AvgIpc) is 4.09. The van der Waals surface area contributed by atoms with Gasteiger partial charge in [0.25, 0.3) is 0 Å². The Balaban J connectivity index is 1.25. The number of nitrogens with two attached hydrogens (primary N) is 1. The largest absolute Gasteiger partial charge is 0.459 e. The topological polar surface area (TPSA) is 268 Å². The van der Waals surface area contributed by atoms with Gasteiger partial charge in [-0.25, -0.2) is 13.8 Å². The van der Waals surface area contributed by atoms with Gasteiger partial charge in [0.15, 0.2) is 6.29 Å². The molecule has 0 amide bonds. The average molecular weight is 1100 g/mol. The van der Waals surface area contributed by atoms with Crippen molar-refractivity contribution in [3.63, 3.8) is 0 Å². The predicted molar refractivity (Wildman–Crippen MR) is 289 cm³/mol. The van der Waals surface area contributed by atoms with Crippen LogP contribution in [0.3, 0.4) is 0 Å². The van der Waals surface area contributed by atoms with Crippen LogP contribution in [0.4, 0.5) is 4.39 Å². The first kappa shape index (κ1) is 63.6. The smallest absolute Gasteiger partial charge is 0.309 e. The third-order valence-electron chi connectivity index (χ3n) is 17.5. The van der Waals surface area contributed by atoms with Crippen LogP contribution in [0.2, 0.25) is 0 Å². The second kappa shape index (κ2) is 25.7. The summed E-state index contributed by atoms with van der Waals surface area (Å²) in [6.07, 6.45) is -4.65. The van der Waals surface area contributed by atoms with Crippen LogP contribution < -0.4 is 5.73 Å². The minimum absolute atomic E-state index is 0.166. The van der Waals surface area contributed by atoms with E-state index in [-0.39, 0.29) is 25.2 Å². The summed E-state index contributed by atoms with van der Waals surface area (Å²) in [6, 6.07) is 5.50. The van der Waals surface area contributed by atoms with E-state index in [9.17, 15) is 30.3 Å². The first-order valence-electron chi connectivity index (χ1n) is 27.9. The SMILES string of the molecule is CC[C@H]1OC(=O)[C@H](C)C([C@H]2C[C@@](C)(OC)[C@@H](O)[C@H](C)O2)[C@H](C)[C@@H](O[C@@H]2O[C@H](C)C[C@H](N(C)CCc3cn([C@H](CF)[C@H](OC)c4ccc(-n5cc(C(C)(C)N)nn5)cc4)nn3)[C@H]2O)[C@](C)(O)C[C@@H](C)CN(C)[C@H](C)[C@@H](O)[C@]1(C)O. The predicted octanol–water partition coefficient (Wildman–Crippen LogP) is 4.05. The molecule has 1 unspecified atom stereocenters. The molecule has 3 saturated heterocycles. The van der Waals surface area contributed by atoms with Crippen molar-refractivity contribution in [3.8, 4) is 5.69 Å². The zero-order valence-electron chi connectivity index (χ0n) is 49.1. The van der Waals surface area contributed by atoms with Crippen LogP contribution in [-0.4, -0.2) is 203 Å². The molecule has 0 spiro atoms. The van der Waals surface area contributed by atoms with Crippen molar-refractivity contribution in [3.05, 3.63) is 53.6 Å². The molecular formula is C56H94FN9O12. The maximum atomic E-state index is 15.0. The van der Waals surface area contributed by atoms with Gasteiger partial charge in [-0.1, -0.05) is 50.3 Å². The summed E-state index contributed by atoms with van der Waals surface area (Å²) >= 11 is 0. The van der Waals surface area contributed by atoms with Gasteiger partial charge in [-0.15, -0.1) is 10.2 Å². The van der Waals surface area contributed by atoms with Crippen molar-refractivity contribution < 1.29 is 63.1 Å². The Bertz CT molecular complexity index is 2370. The standard InChI is InChI=1S/C56H94FN9O12/c1-17-44-56(12,72)48(68)35(6)64(14)28-31(2)25-54(10,71)50(33(4)45(34(5)51(70)77-44)42-26-55(11,74-16)49(69)36(7)76-42)78-52-46(67)40(24-32(3)75-52)63(13)23-22-38-29-66(61-59-38)41(27-57)47(73-15)37-18-20-39(21-19-37)65-30-43(60-62-65)53(8,9)58/h18-21,29-36,40-42,44-50,52,67-69,71-72H,17,22-28,58H2,1-16H3/t31-,32-,33+,34-,35-,36+,40+,41-,42-,44-,45?,46-,47-,48-,49+,50-,52+,54-,55-,56-/m1/s1. The Morgan fingerprint density at radius 2 is 1.63 bits per heavy atom. The van der Waals surface area contributed by atoms with Crippen molar-refractivity contribution >= 4 is 5.97 Å². The van der Waals surface area contributed by atoms with E-state index in [0.29, 0.717) is 37.3 Å². The molecule has 3 aliphatic rings. The number of hydrogen-bond acceptors (Lipinski definition) is 19. The number of alkyl halides is 1. The summed E-state index contributed by atoms with van der Waals surface area (Å²) < 4.78 is 56.2. The van der Waals surface area contributed by atoms with Gasteiger partial charge in [-0.05, 0) is 118 Å². The molecule has 78 heavy (non-hydrogen) atoms. The van der Waals surface area contributed by atoms with Crippen LogP contribution >= 0.6 is 0 Å². The highest BCUT2D eigenvalue weighted by atomic mass is 19.1. The van der Waals surface area contributed by atoms with E-state index in [1.165, 1.54) is 25.8 Å². The summed E-state index contributed by atoms with van der Waals surface area (Å²) in [6.45, 7) is 21.6. The molecule has 21 nitrogen and oxygen atoms in total. The fourth-order valence-electron chi connectivity index (χ4n) is 12.6. The number of halogens is 1. The van der Waals surface area contributed by atoms with Gasteiger partial charge in [-0.2, -0.15) is 0 Å². The van der Waals surface area contributed by atoms with Gasteiger partial charge >= 0.3 is 5.97 Å². The van der Waals surface area contributed by atoms with E-state index in [4.69, 9.17) is 34.2 Å². The van der Waals surface area contributed by atoms with Gasteiger partial charge < -0.3 is 69.5 Å². The van der Waals surface area contributed by atoms with Crippen LogP contribution in [-0.2, 0) is 45.2 Å². The number of esters is 1. The molecule has 7 N–H and O–H groups in total. The first-order valence-corrected chi connectivity index (χ1v) is 27.9. The van der Waals surface area contributed by atoms with Crippen molar-refractivity contribution in [1.29, 1.82) is 0 Å². The number of ether oxygens (including phenoxy) is 6. The fourth-order valence-corrected chi connectivity index (χ4v) is 12.6. The number of hydrogen-bond donors (Lipinski definition) is 6. The van der Waals surface area contributed by atoms with Crippen LogP contribution in [0.25, 0.3) is 5.69 Å².